The number of rotatable bonds is 3. The van der Waals surface area contributed by atoms with E-state index >= 15 is 0 Å². The van der Waals surface area contributed by atoms with Gasteiger partial charge in [0.15, 0.2) is 0 Å². The molecule has 2 atom stereocenters. The quantitative estimate of drug-likeness (QED) is 0.927. The number of carbonyl (C=O) groups is 1. The van der Waals surface area contributed by atoms with E-state index in [-0.39, 0.29) is 23.4 Å². The molecule has 23 heavy (non-hydrogen) atoms. The zero-order valence-corrected chi connectivity index (χ0v) is 14.3. The van der Waals surface area contributed by atoms with Gasteiger partial charge in [-0.2, -0.15) is 0 Å². The summed E-state index contributed by atoms with van der Waals surface area (Å²) in [4.78, 5) is 24.6. The van der Waals surface area contributed by atoms with Gasteiger partial charge in [0, 0.05) is 13.3 Å². The van der Waals surface area contributed by atoms with Crippen molar-refractivity contribution in [1.82, 2.24) is 4.57 Å². The van der Waals surface area contributed by atoms with E-state index < -0.39 is 11.7 Å². The van der Waals surface area contributed by atoms with Gasteiger partial charge in [0.05, 0.1) is 12.1 Å². The van der Waals surface area contributed by atoms with Crippen LogP contribution in [0.3, 0.4) is 0 Å². The fourth-order valence-corrected chi connectivity index (χ4v) is 2.95. The van der Waals surface area contributed by atoms with Gasteiger partial charge in [-0.3, -0.25) is 10.1 Å². The van der Waals surface area contributed by atoms with Gasteiger partial charge in [0.25, 0.3) is 5.56 Å². The first kappa shape index (κ1) is 17.5. The van der Waals surface area contributed by atoms with Crippen LogP contribution < -0.4 is 10.9 Å². The van der Waals surface area contributed by atoms with Crippen molar-refractivity contribution in [3.8, 4) is 0 Å². The maximum atomic E-state index is 12.7. The molecule has 1 aromatic rings. The Morgan fingerprint density at radius 1 is 1.30 bits per heavy atom. The van der Waals surface area contributed by atoms with Crippen molar-refractivity contribution < 1.29 is 14.3 Å². The summed E-state index contributed by atoms with van der Waals surface area (Å²) in [6, 6.07) is 3.35. The number of anilines is 1. The Morgan fingerprint density at radius 3 is 2.65 bits per heavy atom. The Morgan fingerprint density at radius 2 is 2.00 bits per heavy atom. The highest BCUT2D eigenvalue weighted by molar-refractivity contribution is 5.84. The second-order valence-electron chi connectivity index (χ2n) is 6.89. The minimum atomic E-state index is -0.626. The zero-order chi connectivity index (χ0) is 17.0. The summed E-state index contributed by atoms with van der Waals surface area (Å²) < 4.78 is 12.4. The van der Waals surface area contributed by atoms with E-state index in [2.05, 4.69) is 5.32 Å². The van der Waals surface area contributed by atoms with Crippen LogP contribution in [-0.4, -0.2) is 29.5 Å². The summed E-state index contributed by atoms with van der Waals surface area (Å²) >= 11 is 0. The molecular formula is C17H26N2O4. The standard InChI is InChI=1S/C17H26N2O4/c1-17(2,3)23-16(21)18-12-8-7-11-19(15(12)20)13-9-5-6-10-14(13)22-4/h7-8,11,13-14H,5-6,9-10H2,1-4H3,(H,18,21)/t13-,14+/m0/s1. The van der Waals surface area contributed by atoms with Crippen LogP contribution in [0.25, 0.3) is 0 Å². The highest BCUT2D eigenvalue weighted by atomic mass is 16.6. The van der Waals surface area contributed by atoms with Gasteiger partial charge in [-0.15, -0.1) is 0 Å². The average Bonchev–Trinajstić information content (AvgIpc) is 2.47. The number of aromatic nitrogens is 1. The molecule has 0 aromatic carbocycles. The number of carbonyl (C=O) groups excluding carboxylic acids is 1. The molecule has 0 aliphatic heterocycles. The maximum absolute atomic E-state index is 12.7. The summed E-state index contributed by atoms with van der Waals surface area (Å²) in [5.74, 6) is 0. The molecule has 1 saturated carbocycles. The zero-order valence-electron chi connectivity index (χ0n) is 14.3. The van der Waals surface area contributed by atoms with Gasteiger partial charge in [-0.05, 0) is 45.7 Å². The number of hydrogen-bond donors (Lipinski definition) is 1. The molecule has 1 fully saturated rings. The van der Waals surface area contributed by atoms with Crippen LogP contribution in [0.4, 0.5) is 10.5 Å². The third-order valence-electron chi connectivity index (χ3n) is 3.94. The first-order valence-corrected chi connectivity index (χ1v) is 8.06. The minimum Gasteiger partial charge on any atom is -0.444 e. The number of amides is 1. The molecule has 6 heteroatoms. The smallest absolute Gasteiger partial charge is 0.412 e. The molecule has 0 saturated heterocycles. The van der Waals surface area contributed by atoms with Crippen molar-refractivity contribution in [2.45, 2.75) is 64.2 Å². The van der Waals surface area contributed by atoms with Crippen LogP contribution >= 0.6 is 0 Å². The van der Waals surface area contributed by atoms with Gasteiger partial charge >= 0.3 is 6.09 Å². The Bertz CT molecular complexity index is 603. The SMILES string of the molecule is CO[C@@H]1CCCC[C@@H]1n1cccc(NC(=O)OC(C)(C)C)c1=O. The number of pyridine rings is 1. The van der Waals surface area contributed by atoms with Crippen molar-refractivity contribution in [3.63, 3.8) is 0 Å². The van der Waals surface area contributed by atoms with E-state index in [1.54, 1.807) is 50.8 Å². The first-order valence-electron chi connectivity index (χ1n) is 8.06. The van der Waals surface area contributed by atoms with Crippen molar-refractivity contribution >= 4 is 11.8 Å². The lowest BCUT2D eigenvalue weighted by Gasteiger charge is -2.32. The predicted octanol–water partition coefficient (Wildman–Crippen LogP) is 3.33. The lowest BCUT2D eigenvalue weighted by atomic mass is 9.92. The van der Waals surface area contributed by atoms with E-state index in [9.17, 15) is 9.59 Å². The third-order valence-corrected chi connectivity index (χ3v) is 3.94. The summed E-state index contributed by atoms with van der Waals surface area (Å²) in [7, 11) is 1.68. The Kier molecular flexibility index (Phi) is 5.46. The monoisotopic (exact) mass is 322 g/mol. The number of ether oxygens (including phenoxy) is 2. The molecule has 0 spiro atoms. The summed E-state index contributed by atoms with van der Waals surface area (Å²) in [6.07, 6.45) is 5.17. The average molecular weight is 322 g/mol. The van der Waals surface area contributed by atoms with E-state index in [0.29, 0.717) is 0 Å². The molecule has 1 aliphatic carbocycles. The third kappa shape index (κ3) is 4.58. The molecule has 1 aliphatic rings. The van der Waals surface area contributed by atoms with Gasteiger partial charge < -0.3 is 14.0 Å². The van der Waals surface area contributed by atoms with E-state index in [0.717, 1.165) is 25.7 Å². The second-order valence-corrected chi connectivity index (χ2v) is 6.89. The highest BCUT2D eigenvalue weighted by Crippen LogP contribution is 2.29. The topological polar surface area (TPSA) is 69.6 Å². The Balaban J connectivity index is 2.21. The normalized spacial score (nSPS) is 21.7. The fraction of sp³-hybridized carbons (Fsp3) is 0.647. The number of nitrogens with one attached hydrogen (secondary N) is 1. The van der Waals surface area contributed by atoms with Crippen LogP contribution in [0.5, 0.6) is 0 Å². The molecule has 0 radical (unpaired) electrons. The molecule has 0 bridgehead atoms. The van der Waals surface area contributed by atoms with Gasteiger partial charge in [-0.25, -0.2) is 4.79 Å². The van der Waals surface area contributed by atoms with E-state index in [4.69, 9.17) is 9.47 Å². The van der Waals surface area contributed by atoms with Crippen LogP contribution in [-0.2, 0) is 9.47 Å². The van der Waals surface area contributed by atoms with Crippen molar-refractivity contribution in [1.29, 1.82) is 0 Å². The summed E-state index contributed by atoms with van der Waals surface area (Å²) in [5, 5.41) is 2.54. The van der Waals surface area contributed by atoms with Crippen LogP contribution in [0, 0.1) is 0 Å². The van der Waals surface area contributed by atoms with Crippen molar-refractivity contribution in [3.05, 3.63) is 28.7 Å². The Labute approximate surface area is 136 Å². The van der Waals surface area contributed by atoms with Crippen LogP contribution in [0.2, 0.25) is 0 Å². The number of methoxy groups -OCH3 is 1. The lowest BCUT2D eigenvalue weighted by Crippen LogP contribution is -2.37. The fourth-order valence-electron chi connectivity index (χ4n) is 2.95. The summed E-state index contributed by atoms with van der Waals surface area (Å²) in [6.45, 7) is 5.34. The molecule has 1 N–H and O–H groups in total. The van der Waals surface area contributed by atoms with Crippen LogP contribution in [0.1, 0.15) is 52.5 Å². The predicted molar refractivity (Wildman–Crippen MR) is 88.9 cm³/mol. The van der Waals surface area contributed by atoms with Gasteiger partial charge in [0.2, 0.25) is 0 Å². The molecule has 128 valence electrons. The second kappa shape index (κ2) is 7.17. The molecule has 2 rings (SSSR count). The largest absolute Gasteiger partial charge is 0.444 e. The van der Waals surface area contributed by atoms with E-state index in [1.165, 1.54) is 0 Å². The van der Waals surface area contributed by atoms with Crippen molar-refractivity contribution in [2.75, 3.05) is 12.4 Å². The molecular weight excluding hydrogens is 296 g/mol. The molecule has 1 amide bonds. The number of hydrogen-bond acceptors (Lipinski definition) is 4. The van der Waals surface area contributed by atoms with Crippen LogP contribution in [0.15, 0.2) is 23.1 Å². The van der Waals surface area contributed by atoms with Gasteiger partial charge in [0.1, 0.15) is 11.3 Å². The van der Waals surface area contributed by atoms with Crippen molar-refractivity contribution in [2.24, 2.45) is 0 Å². The maximum Gasteiger partial charge on any atom is 0.412 e. The minimum absolute atomic E-state index is 0.00152. The van der Waals surface area contributed by atoms with Gasteiger partial charge in [-0.1, -0.05) is 12.8 Å². The Hall–Kier alpha value is -1.82. The number of nitrogens with zero attached hydrogens (tertiary/aromatic N) is 1. The summed E-state index contributed by atoms with van der Waals surface area (Å²) in [5.41, 5.74) is -0.614. The highest BCUT2D eigenvalue weighted by Gasteiger charge is 2.27. The molecule has 1 aromatic heterocycles. The first-order chi connectivity index (χ1) is 10.8. The lowest BCUT2D eigenvalue weighted by molar-refractivity contribution is 0.0278. The molecule has 0 unspecified atom stereocenters. The molecule has 6 nitrogen and oxygen atoms in total. The molecule has 1 heterocycles. The van der Waals surface area contributed by atoms with E-state index in [1.807, 2.05) is 0 Å².